The van der Waals surface area contributed by atoms with Crippen molar-refractivity contribution in [1.29, 1.82) is 0 Å². The SMILES string of the molecule is C=CCOC(=O)NCCCOc1cc(COc2cc3c(cc2OC)C(=O)N2CC(=CC)C[C@H]2C=N3)cc(COc2cc3c(cc2OC)C(=O)N2CC(=CC)C[C@H]2C=N3)c1. The number of methoxy groups -OCH3 is 2. The topological polar surface area (TPSA) is 150 Å². The number of hydrogen-bond acceptors (Lipinski definition) is 11. The molecule has 0 spiro atoms. The fourth-order valence-electron chi connectivity index (χ4n) is 7.47. The Morgan fingerprint density at radius 3 is 1.76 bits per heavy atom. The minimum atomic E-state index is -0.527. The monoisotopic (exact) mass is 803 g/mol. The molecule has 0 saturated carbocycles. The third-order valence-corrected chi connectivity index (χ3v) is 10.6. The lowest BCUT2D eigenvalue weighted by Gasteiger charge is -2.20. The summed E-state index contributed by atoms with van der Waals surface area (Å²) >= 11 is 0. The lowest BCUT2D eigenvalue weighted by atomic mass is 10.1. The summed E-state index contributed by atoms with van der Waals surface area (Å²) in [7, 11) is 3.07. The molecule has 0 aromatic heterocycles. The quantitative estimate of drug-likeness (QED) is 0.123. The molecule has 4 aliphatic heterocycles. The number of nitrogens with one attached hydrogen (secondary N) is 1. The Kier molecular flexibility index (Phi) is 12.6. The number of amides is 3. The first-order valence-electron chi connectivity index (χ1n) is 19.7. The number of nitrogens with zero attached hydrogens (tertiary/aromatic N) is 4. The highest BCUT2D eigenvalue weighted by Crippen LogP contribution is 2.41. The maximum absolute atomic E-state index is 13.6. The molecule has 7 rings (SSSR count). The second kappa shape index (κ2) is 18.3. The van der Waals surface area contributed by atoms with Crippen LogP contribution in [0.25, 0.3) is 0 Å². The minimum Gasteiger partial charge on any atom is -0.494 e. The number of ether oxygens (including phenoxy) is 6. The van der Waals surface area contributed by atoms with E-state index in [1.807, 2.05) is 54.3 Å². The molecule has 14 heteroatoms. The van der Waals surface area contributed by atoms with Crippen LogP contribution in [0.5, 0.6) is 28.7 Å². The number of allylic oxidation sites excluding steroid dienone is 2. The summed E-state index contributed by atoms with van der Waals surface area (Å²) in [5.74, 6) is 2.03. The third-order valence-electron chi connectivity index (χ3n) is 10.6. The maximum Gasteiger partial charge on any atom is 0.407 e. The van der Waals surface area contributed by atoms with Gasteiger partial charge in [-0.1, -0.05) is 36.0 Å². The zero-order valence-electron chi connectivity index (χ0n) is 33.8. The summed E-state index contributed by atoms with van der Waals surface area (Å²) in [6.45, 7) is 9.69. The fraction of sp³-hybridized carbons (Fsp3) is 0.356. The molecule has 3 amide bonds. The molecule has 14 nitrogen and oxygen atoms in total. The number of carbonyl (C=O) groups is 3. The van der Waals surface area contributed by atoms with E-state index in [-0.39, 0.29) is 43.7 Å². The van der Waals surface area contributed by atoms with Crippen LogP contribution in [0.1, 0.15) is 65.0 Å². The Bertz CT molecular complexity index is 2110. The molecule has 0 aliphatic carbocycles. The van der Waals surface area contributed by atoms with Crippen LogP contribution in [0.3, 0.4) is 0 Å². The van der Waals surface area contributed by atoms with E-state index >= 15 is 0 Å². The van der Waals surface area contributed by atoms with Crippen LogP contribution in [-0.2, 0) is 18.0 Å². The summed E-state index contributed by atoms with van der Waals surface area (Å²) in [5, 5.41) is 2.69. The Morgan fingerprint density at radius 1 is 0.763 bits per heavy atom. The van der Waals surface area contributed by atoms with Crippen molar-refractivity contribution in [2.75, 3.05) is 47.1 Å². The third kappa shape index (κ3) is 9.11. The van der Waals surface area contributed by atoms with Gasteiger partial charge in [0.25, 0.3) is 11.8 Å². The van der Waals surface area contributed by atoms with Crippen molar-refractivity contribution in [1.82, 2.24) is 15.1 Å². The molecule has 0 bridgehead atoms. The van der Waals surface area contributed by atoms with Gasteiger partial charge in [-0.2, -0.15) is 0 Å². The van der Waals surface area contributed by atoms with Gasteiger partial charge in [-0.15, -0.1) is 0 Å². The largest absolute Gasteiger partial charge is 0.494 e. The molecule has 4 heterocycles. The van der Waals surface area contributed by atoms with Crippen LogP contribution in [-0.4, -0.2) is 99.3 Å². The van der Waals surface area contributed by atoms with Crippen molar-refractivity contribution < 1.29 is 42.8 Å². The molecule has 0 unspecified atom stereocenters. The van der Waals surface area contributed by atoms with Gasteiger partial charge >= 0.3 is 6.09 Å². The summed E-state index contributed by atoms with van der Waals surface area (Å²) in [6.07, 6.45) is 10.8. The Morgan fingerprint density at radius 2 is 1.29 bits per heavy atom. The van der Waals surface area contributed by atoms with Gasteiger partial charge in [-0.3, -0.25) is 19.6 Å². The lowest BCUT2D eigenvalue weighted by Crippen LogP contribution is -2.35. The first-order valence-corrected chi connectivity index (χ1v) is 19.7. The van der Waals surface area contributed by atoms with Gasteiger partial charge in [0.2, 0.25) is 0 Å². The van der Waals surface area contributed by atoms with Gasteiger partial charge in [-0.05, 0) is 74.6 Å². The number of carbonyl (C=O) groups excluding carboxylic acids is 3. The van der Waals surface area contributed by atoms with E-state index in [9.17, 15) is 14.4 Å². The van der Waals surface area contributed by atoms with E-state index < -0.39 is 6.09 Å². The molecule has 2 saturated heterocycles. The summed E-state index contributed by atoms with van der Waals surface area (Å²) in [4.78, 5) is 52.1. The maximum atomic E-state index is 13.6. The number of hydrogen-bond donors (Lipinski definition) is 1. The van der Waals surface area contributed by atoms with Crippen molar-refractivity contribution in [3.05, 3.63) is 101 Å². The summed E-state index contributed by atoms with van der Waals surface area (Å²) in [5.41, 5.74) is 5.88. The van der Waals surface area contributed by atoms with E-state index in [1.54, 1.807) is 24.3 Å². The molecular formula is C45H49N5O9. The van der Waals surface area contributed by atoms with E-state index in [1.165, 1.54) is 31.4 Å². The standard InChI is InChI=1S/C45H49N5O9/c1-6-11-57-45(53)46-10-9-12-56-34-16-30(26-58-41-20-37-35(18-39(41)54-4)43(51)49-24-28(7-2)14-32(49)22-47-37)13-31(17-34)27-59-42-21-38-36(19-40(42)55-5)44(52)50-25-29(8-3)15-33(50)23-48-38/h6-8,13,16-23,32-33H,1,9-12,14-15,24-27H2,2-5H3,(H,46,53)/t32-,33-/m0/s1. The average molecular weight is 804 g/mol. The van der Waals surface area contributed by atoms with Crippen LogP contribution in [0.2, 0.25) is 0 Å². The van der Waals surface area contributed by atoms with Gasteiger partial charge in [0, 0.05) is 44.2 Å². The van der Waals surface area contributed by atoms with Crippen molar-refractivity contribution in [2.45, 2.75) is 58.4 Å². The lowest BCUT2D eigenvalue weighted by molar-refractivity contribution is 0.0769. The first kappa shape index (κ1) is 40.6. The smallest absolute Gasteiger partial charge is 0.407 e. The molecule has 59 heavy (non-hydrogen) atoms. The minimum absolute atomic E-state index is 0.101. The fourth-order valence-corrected chi connectivity index (χ4v) is 7.47. The van der Waals surface area contributed by atoms with Crippen LogP contribution < -0.4 is 29.0 Å². The molecule has 4 aliphatic rings. The second-order valence-corrected chi connectivity index (χ2v) is 14.5. The predicted octanol–water partition coefficient (Wildman–Crippen LogP) is 7.30. The van der Waals surface area contributed by atoms with Gasteiger partial charge in [0.1, 0.15) is 25.6 Å². The number of benzene rings is 3. The van der Waals surface area contributed by atoms with Crippen LogP contribution in [0, 0.1) is 0 Å². The van der Waals surface area contributed by atoms with E-state index in [2.05, 4.69) is 24.0 Å². The van der Waals surface area contributed by atoms with Crippen molar-refractivity contribution >= 4 is 41.7 Å². The van der Waals surface area contributed by atoms with Crippen LogP contribution in [0.4, 0.5) is 16.2 Å². The number of rotatable bonds is 15. The average Bonchev–Trinajstić information content (AvgIpc) is 3.82. The normalized spacial score (nSPS) is 19.1. The molecule has 3 aromatic rings. The second-order valence-electron chi connectivity index (χ2n) is 14.5. The Hall–Kier alpha value is -6.57. The van der Waals surface area contributed by atoms with Crippen LogP contribution >= 0.6 is 0 Å². The summed E-state index contributed by atoms with van der Waals surface area (Å²) in [6, 6.07) is 12.3. The molecule has 1 N–H and O–H groups in total. The van der Waals surface area contributed by atoms with Gasteiger partial charge in [0.05, 0.1) is 55.4 Å². The van der Waals surface area contributed by atoms with E-state index in [0.29, 0.717) is 83.9 Å². The molecule has 2 fully saturated rings. The molecule has 308 valence electrons. The number of aliphatic imine (C=N–C) groups is 2. The highest BCUT2D eigenvalue weighted by atomic mass is 16.5. The zero-order valence-corrected chi connectivity index (χ0v) is 33.8. The van der Waals surface area contributed by atoms with Crippen molar-refractivity contribution in [3.8, 4) is 28.7 Å². The van der Waals surface area contributed by atoms with E-state index in [4.69, 9.17) is 38.4 Å². The highest BCUT2D eigenvalue weighted by Gasteiger charge is 2.36. The van der Waals surface area contributed by atoms with Crippen molar-refractivity contribution in [2.24, 2.45) is 9.98 Å². The van der Waals surface area contributed by atoms with Crippen molar-refractivity contribution in [3.63, 3.8) is 0 Å². The molecule has 0 radical (unpaired) electrons. The molecule has 2 atom stereocenters. The molecular weight excluding hydrogens is 755 g/mol. The predicted molar refractivity (Wildman–Crippen MR) is 223 cm³/mol. The highest BCUT2D eigenvalue weighted by molar-refractivity contribution is 6.04. The molecule has 3 aromatic carbocycles. The first-order chi connectivity index (χ1) is 28.7. The van der Waals surface area contributed by atoms with Gasteiger partial charge in [-0.25, -0.2) is 4.79 Å². The van der Waals surface area contributed by atoms with Gasteiger partial charge < -0.3 is 43.5 Å². The zero-order chi connectivity index (χ0) is 41.5. The van der Waals surface area contributed by atoms with Gasteiger partial charge in [0.15, 0.2) is 23.0 Å². The van der Waals surface area contributed by atoms with E-state index in [0.717, 1.165) is 24.0 Å². The summed E-state index contributed by atoms with van der Waals surface area (Å²) < 4.78 is 35.2. The number of fused-ring (bicyclic) bond motifs is 4. The number of alkyl carbamates (subject to hydrolysis) is 1. The Labute approximate surface area is 343 Å². The van der Waals surface area contributed by atoms with Crippen LogP contribution in [0.15, 0.2) is 88.4 Å². The Balaban J connectivity index is 1.10.